The predicted octanol–water partition coefficient (Wildman–Crippen LogP) is 2.37. The lowest BCUT2D eigenvalue weighted by Gasteiger charge is -2.33. The Hall–Kier alpha value is -2.12. The first kappa shape index (κ1) is 21.6. The summed E-state index contributed by atoms with van der Waals surface area (Å²) < 4.78 is 10.5. The van der Waals surface area contributed by atoms with Gasteiger partial charge in [0.25, 0.3) is 0 Å². The molecular weight excluding hydrogens is 370 g/mol. The minimum atomic E-state index is 0.0299. The summed E-state index contributed by atoms with van der Waals surface area (Å²) in [4.78, 5) is 29.0. The molecule has 0 aliphatic carbocycles. The zero-order chi connectivity index (χ0) is 20.5. The number of anilines is 1. The summed E-state index contributed by atoms with van der Waals surface area (Å²) in [6.07, 6.45) is 3.93. The van der Waals surface area contributed by atoms with E-state index in [2.05, 4.69) is 10.2 Å². The minimum Gasteiger partial charge on any atom is -0.497 e. The van der Waals surface area contributed by atoms with Crippen molar-refractivity contribution >= 4 is 17.5 Å². The standard InChI is InChI=1S/C22H33N3O4/c1-28-20-4-2-3-19(17-20)23-21(26)6-5-18-7-11-25(12-8-18)22(27)9-10-24-13-15-29-16-14-24/h2-4,17-18H,5-16H2,1H3,(H,23,26). The Morgan fingerprint density at radius 3 is 2.62 bits per heavy atom. The second-order valence-corrected chi connectivity index (χ2v) is 7.85. The molecular formula is C22H33N3O4. The SMILES string of the molecule is COc1cccc(NC(=O)CCC2CCN(C(=O)CCN3CCOCC3)CC2)c1. The molecule has 1 aromatic carbocycles. The fourth-order valence-electron chi connectivity index (χ4n) is 3.97. The van der Waals surface area contributed by atoms with Gasteiger partial charge in [0, 0.05) is 57.3 Å². The number of likely N-dealkylation sites (tertiary alicyclic amines) is 1. The molecule has 7 nitrogen and oxygen atoms in total. The highest BCUT2D eigenvalue weighted by molar-refractivity contribution is 5.90. The van der Waals surface area contributed by atoms with E-state index in [9.17, 15) is 9.59 Å². The number of piperidine rings is 1. The van der Waals surface area contributed by atoms with Crippen molar-refractivity contribution in [2.24, 2.45) is 5.92 Å². The molecule has 29 heavy (non-hydrogen) atoms. The third-order valence-corrected chi connectivity index (χ3v) is 5.85. The minimum absolute atomic E-state index is 0.0299. The number of carbonyl (C=O) groups excluding carboxylic acids is 2. The van der Waals surface area contributed by atoms with Crippen molar-refractivity contribution in [2.45, 2.75) is 32.1 Å². The zero-order valence-corrected chi connectivity index (χ0v) is 17.4. The number of nitrogens with one attached hydrogen (secondary N) is 1. The lowest BCUT2D eigenvalue weighted by molar-refractivity contribution is -0.133. The summed E-state index contributed by atoms with van der Waals surface area (Å²) in [5.74, 6) is 1.52. The van der Waals surface area contributed by atoms with E-state index in [4.69, 9.17) is 9.47 Å². The van der Waals surface area contributed by atoms with E-state index in [1.165, 1.54) is 0 Å². The van der Waals surface area contributed by atoms with Crippen LogP contribution in [0.15, 0.2) is 24.3 Å². The Morgan fingerprint density at radius 1 is 1.14 bits per heavy atom. The predicted molar refractivity (Wildman–Crippen MR) is 112 cm³/mol. The number of benzene rings is 1. The van der Waals surface area contributed by atoms with Gasteiger partial charge in [-0.05, 0) is 37.3 Å². The molecule has 0 unspecified atom stereocenters. The maximum atomic E-state index is 12.5. The highest BCUT2D eigenvalue weighted by Gasteiger charge is 2.23. The van der Waals surface area contributed by atoms with Crippen molar-refractivity contribution in [3.05, 3.63) is 24.3 Å². The van der Waals surface area contributed by atoms with Crippen LogP contribution in [0.5, 0.6) is 5.75 Å². The third-order valence-electron chi connectivity index (χ3n) is 5.85. The van der Waals surface area contributed by atoms with E-state index >= 15 is 0 Å². The maximum Gasteiger partial charge on any atom is 0.224 e. The molecule has 7 heteroatoms. The van der Waals surface area contributed by atoms with Gasteiger partial charge < -0.3 is 19.7 Å². The quantitative estimate of drug-likeness (QED) is 0.722. The smallest absolute Gasteiger partial charge is 0.224 e. The third kappa shape index (κ3) is 7.01. The highest BCUT2D eigenvalue weighted by Crippen LogP contribution is 2.23. The van der Waals surface area contributed by atoms with Gasteiger partial charge in [-0.2, -0.15) is 0 Å². The van der Waals surface area contributed by atoms with Crippen LogP contribution in [0.1, 0.15) is 32.1 Å². The molecule has 1 N–H and O–H groups in total. The van der Waals surface area contributed by atoms with E-state index in [1.54, 1.807) is 7.11 Å². The number of hydrogen-bond donors (Lipinski definition) is 1. The highest BCUT2D eigenvalue weighted by atomic mass is 16.5. The zero-order valence-electron chi connectivity index (χ0n) is 17.4. The average Bonchev–Trinajstić information content (AvgIpc) is 2.77. The summed E-state index contributed by atoms with van der Waals surface area (Å²) in [6, 6.07) is 7.40. The van der Waals surface area contributed by atoms with Gasteiger partial charge in [0.15, 0.2) is 0 Å². The number of amides is 2. The summed E-state index contributed by atoms with van der Waals surface area (Å²) in [7, 11) is 1.61. The normalized spacial score (nSPS) is 18.4. The van der Waals surface area contributed by atoms with E-state index < -0.39 is 0 Å². The Balaban J connectivity index is 1.31. The van der Waals surface area contributed by atoms with Crippen LogP contribution in [0.3, 0.4) is 0 Å². The molecule has 2 saturated heterocycles. The molecule has 0 radical (unpaired) electrons. The summed E-state index contributed by atoms with van der Waals surface area (Å²) in [5, 5.41) is 2.93. The van der Waals surface area contributed by atoms with Crippen LogP contribution in [-0.4, -0.2) is 74.7 Å². The number of rotatable bonds is 8. The van der Waals surface area contributed by atoms with Crippen LogP contribution in [0.25, 0.3) is 0 Å². The van der Waals surface area contributed by atoms with Crippen LogP contribution in [-0.2, 0) is 14.3 Å². The lowest BCUT2D eigenvalue weighted by Crippen LogP contribution is -2.42. The fraction of sp³-hybridized carbons (Fsp3) is 0.636. The van der Waals surface area contributed by atoms with E-state index in [0.29, 0.717) is 18.8 Å². The topological polar surface area (TPSA) is 71.1 Å². The van der Waals surface area contributed by atoms with E-state index in [1.807, 2.05) is 29.2 Å². The molecule has 2 aliphatic rings. The van der Waals surface area contributed by atoms with Gasteiger partial charge in [0.1, 0.15) is 5.75 Å². The van der Waals surface area contributed by atoms with E-state index in [0.717, 1.165) is 76.6 Å². The van der Waals surface area contributed by atoms with Crippen LogP contribution in [0, 0.1) is 5.92 Å². The van der Waals surface area contributed by atoms with Crippen molar-refractivity contribution in [1.82, 2.24) is 9.80 Å². The largest absolute Gasteiger partial charge is 0.497 e. The number of ether oxygens (including phenoxy) is 2. The van der Waals surface area contributed by atoms with Crippen molar-refractivity contribution in [3.63, 3.8) is 0 Å². The summed E-state index contributed by atoms with van der Waals surface area (Å²) in [5.41, 5.74) is 0.759. The Bertz CT molecular complexity index is 668. The molecule has 2 heterocycles. The first-order chi connectivity index (χ1) is 14.1. The molecule has 0 saturated carbocycles. The Labute approximate surface area is 173 Å². The molecule has 0 spiro atoms. The molecule has 0 atom stereocenters. The van der Waals surface area contributed by atoms with Crippen LogP contribution in [0.4, 0.5) is 5.69 Å². The molecule has 2 fully saturated rings. The number of morpholine rings is 1. The molecule has 0 bridgehead atoms. The Kier molecular flexibility index (Phi) is 8.31. The first-order valence-electron chi connectivity index (χ1n) is 10.7. The van der Waals surface area contributed by atoms with Crippen molar-refractivity contribution in [2.75, 3.05) is 58.4 Å². The van der Waals surface area contributed by atoms with E-state index in [-0.39, 0.29) is 11.8 Å². The first-order valence-corrected chi connectivity index (χ1v) is 10.7. The second-order valence-electron chi connectivity index (χ2n) is 7.85. The lowest BCUT2D eigenvalue weighted by atomic mass is 9.92. The number of carbonyl (C=O) groups is 2. The molecule has 2 aliphatic heterocycles. The van der Waals surface area contributed by atoms with Gasteiger partial charge in [-0.3, -0.25) is 14.5 Å². The van der Waals surface area contributed by atoms with Gasteiger partial charge in [-0.1, -0.05) is 6.07 Å². The monoisotopic (exact) mass is 403 g/mol. The van der Waals surface area contributed by atoms with Crippen molar-refractivity contribution in [3.8, 4) is 5.75 Å². The van der Waals surface area contributed by atoms with Gasteiger partial charge in [0.05, 0.1) is 20.3 Å². The second kappa shape index (κ2) is 11.2. The maximum absolute atomic E-state index is 12.5. The number of hydrogen-bond acceptors (Lipinski definition) is 5. The van der Waals surface area contributed by atoms with Gasteiger partial charge in [-0.25, -0.2) is 0 Å². The van der Waals surface area contributed by atoms with Gasteiger partial charge in [0.2, 0.25) is 11.8 Å². The van der Waals surface area contributed by atoms with Crippen molar-refractivity contribution in [1.29, 1.82) is 0 Å². The summed E-state index contributed by atoms with van der Waals surface area (Å²) in [6.45, 7) is 5.83. The molecule has 0 aromatic heterocycles. The Morgan fingerprint density at radius 2 is 1.90 bits per heavy atom. The van der Waals surface area contributed by atoms with Crippen LogP contribution >= 0.6 is 0 Å². The van der Waals surface area contributed by atoms with Gasteiger partial charge >= 0.3 is 0 Å². The molecule has 3 rings (SSSR count). The fourth-order valence-corrected chi connectivity index (χ4v) is 3.97. The number of methoxy groups -OCH3 is 1. The summed E-state index contributed by atoms with van der Waals surface area (Å²) >= 11 is 0. The molecule has 1 aromatic rings. The average molecular weight is 404 g/mol. The van der Waals surface area contributed by atoms with Crippen LogP contribution < -0.4 is 10.1 Å². The molecule has 160 valence electrons. The van der Waals surface area contributed by atoms with Crippen molar-refractivity contribution < 1.29 is 19.1 Å². The van der Waals surface area contributed by atoms with Crippen LogP contribution in [0.2, 0.25) is 0 Å². The van der Waals surface area contributed by atoms with Gasteiger partial charge in [-0.15, -0.1) is 0 Å². The number of nitrogens with zero attached hydrogens (tertiary/aromatic N) is 2. The molecule has 2 amide bonds.